The minimum atomic E-state index is -0.484. The summed E-state index contributed by atoms with van der Waals surface area (Å²) < 4.78 is 15.6. The molecule has 0 saturated carbocycles. The molecular weight excluding hydrogens is 274 g/mol. The van der Waals surface area contributed by atoms with Crippen LogP contribution in [0.25, 0.3) is 11.3 Å². The van der Waals surface area contributed by atoms with E-state index in [-0.39, 0.29) is 5.69 Å². The molecule has 7 heteroatoms. The van der Waals surface area contributed by atoms with Gasteiger partial charge in [0.25, 0.3) is 5.91 Å². The summed E-state index contributed by atoms with van der Waals surface area (Å²) in [4.78, 5) is 11.5. The number of nitrogens with zero attached hydrogens (tertiary/aromatic N) is 1. The number of nitrogens with two attached hydrogens (primary N) is 1. The zero-order valence-corrected chi connectivity index (χ0v) is 11.9. The largest absolute Gasteiger partial charge is 0.491 e. The molecular formula is C14H17N3O4. The third-order valence-corrected chi connectivity index (χ3v) is 2.94. The molecule has 0 radical (unpaired) electrons. The molecule has 0 fully saturated rings. The van der Waals surface area contributed by atoms with Crippen LogP contribution < -0.4 is 16.0 Å². The Balaban J connectivity index is 2.15. The van der Waals surface area contributed by atoms with Gasteiger partial charge in [-0.15, -0.1) is 0 Å². The lowest BCUT2D eigenvalue weighted by Crippen LogP contribution is -2.30. The van der Waals surface area contributed by atoms with Crippen molar-refractivity contribution in [3.63, 3.8) is 0 Å². The number of carbonyl (C=O) groups excluding carboxylic acids is 1. The summed E-state index contributed by atoms with van der Waals surface area (Å²) in [5.41, 5.74) is 3.64. The van der Waals surface area contributed by atoms with Gasteiger partial charge >= 0.3 is 0 Å². The second-order valence-electron chi connectivity index (χ2n) is 4.32. The van der Waals surface area contributed by atoms with Gasteiger partial charge < -0.3 is 14.0 Å². The molecule has 21 heavy (non-hydrogen) atoms. The first kappa shape index (κ1) is 15.0. The van der Waals surface area contributed by atoms with Crippen molar-refractivity contribution < 1.29 is 18.8 Å². The second-order valence-corrected chi connectivity index (χ2v) is 4.32. The number of hydrogen-bond donors (Lipinski definition) is 2. The van der Waals surface area contributed by atoms with Crippen LogP contribution in [0.3, 0.4) is 0 Å². The first-order chi connectivity index (χ1) is 10.2. The second kappa shape index (κ2) is 6.87. The fraction of sp³-hybridized carbons (Fsp3) is 0.286. The van der Waals surface area contributed by atoms with Gasteiger partial charge in [0.15, 0.2) is 11.5 Å². The van der Waals surface area contributed by atoms with Gasteiger partial charge in [0.1, 0.15) is 12.4 Å². The molecule has 2 aromatic rings. The van der Waals surface area contributed by atoms with Gasteiger partial charge in [-0.25, -0.2) is 5.84 Å². The van der Waals surface area contributed by atoms with Crippen molar-refractivity contribution in [1.29, 1.82) is 0 Å². The van der Waals surface area contributed by atoms with Gasteiger partial charge in [0, 0.05) is 18.2 Å². The summed E-state index contributed by atoms with van der Waals surface area (Å²) in [5, 5.41) is 3.73. The van der Waals surface area contributed by atoms with Gasteiger partial charge in [-0.05, 0) is 31.2 Å². The lowest BCUT2D eigenvalue weighted by molar-refractivity contribution is 0.0944. The van der Waals surface area contributed by atoms with Crippen LogP contribution in [0.15, 0.2) is 28.8 Å². The van der Waals surface area contributed by atoms with E-state index in [1.807, 2.05) is 29.7 Å². The standard InChI is InChI=1S/C14H17N3O4/c1-9-12(14(18)16-15)17-21-13(9)10-3-5-11(6-4-10)20-8-7-19-2/h3-6H,7-8,15H2,1-2H3,(H,16,18). The average molecular weight is 291 g/mol. The number of nitrogens with one attached hydrogen (secondary N) is 1. The fourth-order valence-electron chi connectivity index (χ4n) is 1.83. The van der Waals surface area contributed by atoms with Crippen molar-refractivity contribution in [1.82, 2.24) is 10.6 Å². The maximum Gasteiger partial charge on any atom is 0.287 e. The highest BCUT2D eigenvalue weighted by molar-refractivity contribution is 5.94. The van der Waals surface area contributed by atoms with E-state index in [1.54, 1.807) is 14.0 Å². The number of amides is 1. The molecule has 0 atom stereocenters. The molecule has 1 heterocycles. The Morgan fingerprint density at radius 3 is 2.67 bits per heavy atom. The van der Waals surface area contributed by atoms with Crippen LogP contribution in [0.5, 0.6) is 5.75 Å². The zero-order chi connectivity index (χ0) is 15.2. The van der Waals surface area contributed by atoms with E-state index >= 15 is 0 Å². The summed E-state index contributed by atoms with van der Waals surface area (Å²) in [6.07, 6.45) is 0. The zero-order valence-electron chi connectivity index (χ0n) is 11.9. The van der Waals surface area contributed by atoms with E-state index in [1.165, 1.54) is 0 Å². The molecule has 112 valence electrons. The number of aromatic nitrogens is 1. The minimum absolute atomic E-state index is 0.174. The minimum Gasteiger partial charge on any atom is -0.491 e. The predicted octanol–water partition coefficient (Wildman–Crippen LogP) is 1.28. The number of methoxy groups -OCH3 is 1. The first-order valence-electron chi connectivity index (χ1n) is 6.36. The molecule has 0 aliphatic rings. The van der Waals surface area contributed by atoms with E-state index in [0.717, 1.165) is 11.3 Å². The Morgan fingerprint density at radius 1 is 1.33 bits per heavy atom. The molecule has 1 amide bonds. The number of benzene rings is 1. The molecule has 0 spiro atoms. The Kier molecular flexibility index (Phi) is 4.91. The van der Waals surface area contributed by atoms with E-state index in [2.05, 4.69) is 5.16 Å². The van der Waals surface area contributed by atoms with Crippen LogP contribution >= 0.6 is 0 Å². The van der Waals surface area contributed by atoms with Gasteiger partial charge in [-0.3, -0.25) is 10.2 Å². The summed E-state index contributed by atoms with van der Waals surface area (Å²) in [6, 6.07) is 7.30. The smallest absolute Gasteiger partial charge is 0.287 e. The van der Waals surface area contributed by atoms with Crippen LogP contribution in [0.2, 0.25) is 0 Å². The first-order valence-corrected chi connectivity index (χ1v) is 6.36. The molecule has 0 aliphatic heterocycles. The molecule has 7 nitrogen and oxygen atoms in total. The molecule has 3 N–H and O–H groups in total. The highest BCUT2D eigenvalue weighted by Crippen LogP contribution is 2.27. The van der Waals surface area contributed by atoms with Crippen LogP contribution in [0.1, 0.15) is 16.1 Å². The number of ether oxygens (including phenoxy) is 2. The van der Waals surface area contributed by atoms with Crippen LogP contribution in [-0.4, -0.2) is 31.4 Å². The summed E-state index contributed by atoms with van der Waals surface area (Å²) in [6.45, 7) is 2.76. The number of carbonyl (C=O) groups is 1. The van der Waals surface area contributed by atoms with Crippen molar-refractivity contribution in [2.75, 3.05) is 20.3 Å². The van der Waals surface area contributed by atoms with Crippen molar-refractivity contribution in [3.8, 4) is 17.1 Å². The van der Waals surface area contributed by atoms with Gasteiger partial charge in [-0.1, -0.05) is 5.16 Å². The van der Waals surface area contributed by atoms with Gasteiger partial charge in [-0.2, -0.15) is 0 Å². The molecule has 0 saturated heterocycles. The van der Waals surface area contributed by atoms with E-state index < -0.39 is 5.91 Å². The van der Waals surface area contributed by atoms with Crippen molar-refractivity contribution in [3.05, 3.63) is 35.5 Å². The summed E-state index contributed by atoms with van der Waals surface area (Å²) in [5.74, 6) is 5.86. The Labute approximate surface area is 122 Å². The molecule has 1 aromatic heterocycles. The van der Waals surface area contributed by atoms with Crippen molar-refractivity contribution >= 4 is 5.91 Å². The molecule has 0 aliphatic carbocycles. The van der Waals surface area contributed by atoms with Crippen LogP contribution in [-0.2, 0) is 4.74 Å². The maximum atomic E-state index is 11.5. The number of nitrogen functional groups attached to an aromatic ring is 1. The van der Waals surface area contributed by atoms with Crippen LogP contribution in [0, 0.1) is 6.92 Å². The van der Waals surface area contributed by atoms with Crippen LogP contribution in [0.4, 0.5) is 0 Å². The monoisotopic (exact) mass is 291 g/mol. The quantitative estimate of drug-likeness (QED) is 0.360. The maximum absolute atomic E-state index is 11.5. The van der Waals surface area contributed by atoms with E-state index in [4.69, 9.17) is 19.8 Å². The SMILES string of the molecule is COCCOc1ccc(-c2onc(C(=O)NN)c2C)cc1. The lowest BCUT2D eigenvalue weighted by Gasteiger charge is -2.05. The van der Waals surface area contributed by atoms with E-state index in [9.17, 15) is 4.79 Å². The highest BCUT2D eigenvalue weighted by atomic mass is 16.5. The number of hydrazine groups is 1. The lowest BCUT2D eigenvalue weighted by atomic mass is 10.1. The van der Waals surface area contributed by atoms with Crippen molar-refractivity contribution in [2.45, 2.75) is 6.92 Å². The number of rotatable bonds is 6. The Morgan fingerprint density at radius 2 is 2.05 bits per heavy atom. The molecule has 2 rings (SSSR count). The molecule has 0 unspecified atom stereocenters. The summed E-state index contributed by atoms with van der Waals surface area (Å²) >= 11 is 0. The van der Waals surface area contributed by atoms with Gasteiger partial charge in [0.05, 0.1) is 6.61 Å². The molecule has 0 bridgehead atoms. The Bertz CT molecular complexity index is 607. The Hall–Kier alpha value is -2.38. The van der Waals surface area contributed by atoms with Gasteiger partial charge in [0.2, 0.25) is 0 Å². The summed E-state index contributed by atoms with van der Waals surface area (Å²) in [7, 11) is 1.62. The normalized spacial score (nSPS) is 10.4. The molecule has 1 aromatic carbocycles. The predicted molar refractivity (Wildman–Crippen MR) is 75.7 cm³/mol. The third-order valence-electron chi connectivity index (χ3n) is 2.94. The average Bonchev–Trinajstić information content (AvgIpc) is 2.89. The topological polar surface area (TPSA) is 99.6 Å². The fourth-order valence-corrected chi connectivity index (χ4v) is 1.83. The van der Waals surface area contributed by atoms with E-state index in [0.29, 0.717) is 24.5 Å². The highest BCUT2D eigenvalue weighted by Gasteiger charge is 2.18. The van der Waals surface area contributed by atoms with Crippen molar-refractivity contribution in [2.24, 2.45) is 5.84 Å². The third kappa shape index (κ3) is 3.39. The number of hydrogen-bond acceptors (Lipinski definition) is 6.